The Morgan fingerprint density at radius 3 is 2.18 bits per heavy atom. The summed E-state index contributed by atoms with van der Waals surface area (Å²) in [5.74, 6) is 1.03. The molecule has 3 fully saturated rings. The summed E-state index contributed by atoms with van der Waals surface area (Å²) in [5, 5.41) is 8.50. The fraction of sp³-hybridized carbons (Fsp3) is 0.938. The number of carbonyl (C=O) groups is 1. The summed E-state index contributed by atoms with van der Waals surface area (Å²) in [6, 6.07) is 0. The van der Waals surface area contributed by atoms with Crippen LogP contribution in [0.5, 0.6) is 0 Å². The van der Waals surface area contributed by atoms with Crippen LogP contribution in [0.4, 0.5) is 0 Å². The molecule has 0 saturated carbocycles. The number of likely N-dealkylation sites (tertiary alicyclic amines) is 1. The van der Waals surface area contributed by atoms with Crippen LogP contribution in [0.2, 0.25) is 0 Å². The third-order valence-corrected chi connectivity index (χ3v) is 5.02. The fourth-order valence-corrected chi connectivity index (χ4v) is 3.63. The molecule has 1 spiro atoms. The van der Waals surface area contributed by atoms with Crippen LogP contribution < -0.4 is 51.4 Å². The second-order valence-corrected chi connectivity index (χ2v) is 6.13. The van der Waals surface area contributed by atoms with Gasteiger partial charge in [0.2, 0.25) is 0 Å². The van der Waals surface area contributed by atoms with Crippen LogP contribution in [-0.4, -0.2) is 50.1 Å². The predicted molar refractivity (Wildman–Crippen MR) is 83.1 cm³/mol. The van der Waals surface area contributed by atoms with Crippen molar-refractivity contribution < 1.29 is 88.9 Å². The number of nitrogens with zero attached hydrogens (tertiary/aromatic N) is 3. The van der Waals surface area contributed by atoms with Crippen molar-refractivity contribution in [2.75, 3.05) is 39.3 Å². The minimum Gasteiger partial charge on any atom is -0.662 e. The molecule has 0 atom stereocenters. The molecular weight excluding hydrogens is 378 g/mol. The molecule has 22 heavy (non-hydrogen) atoms. The first-order chi connectivity index (χ1) is 9.78. The van der Waals surface area contributed by atoms with E-state index in [1.54, 1.807) is 0 Å². The third-order valence-electron chi connectivity index (χ3n) is 5.02. The smallest absolute Gasteiger partial charge is 0.662 e. The summed E-state index contributed by atoms with van der Waals surface area (Å²) in [7, 11) is 0. The van der Waals surface area contributed by atoms with Gasteiger partial charge in [0.25, 0.3) is 0 Å². The average molecular weight is 407 g/mol. The SMILES string of the molecule is CC.O=C1[N-]CCC12CCN(CC1CC[N-]CC1)CC2.[K+].[Y]. The van der Waals surface area contributed by atoms with Gasteiger partial charge in [-0.1, -0.05) is 33.1 Å². The van der Waals surface area contributed by atoms with Gasteiger partial charge in [0.1, 0.15) is 0 Å². The summed E-state index contributed by atoms with van der Waals surface area (Å²) in [6.45, 7) is 10.3. The molecule has 3 aliphatic heterocycles. The molecule has 3 rings (SSSR count). The van der Waals surface area contributed by atoms with Crippen LogP contribution in [0.1, 0.15) is 46.0 Å². The molecule has 0 aromatic heterocycles. The maximum Gasteiger partial charge on any atom is 1.00 e. The zero-order valence-electron chi connectivity index (χ0n) is 14.7. The molecule has 119 valence electrons. The van der Waals surface area contributed by atoms with E-state index in [2.05, 4.69) is 15.5 Å². The minimum atomic E-state index is -0.0571. The van der Waals surface area contributed by atoms with E-state index in [9.17, 15) is 4.79 Å². The van der Waals surface area contributed by atoms with Crippen LogP contribution in [-0.2, 0) is 37.5 Å². The largest absolute Gasteiger partial charge is 1.00 e. The zero-order valence-corrected chi connectivity index (χ0v) is 20.6. The summed E-state index contributed by atoms with van der Waals surface area (Å²) in [4.78, 5) is 14.4. The van der Waals surface area contributed by atoms with Gasteiger partial charge in [-0.25, -0.2) is 0 Å². The van der Waals surface area contributed by atoms with Crippen molar-refractivity contribution >= 4 is 5.91 Å². The Bertz CT molecular complexity index is 317. The Hall–Kier alpha value is 2.13. The van der Waals surface area contributed by atoms with Gasteiger partial charge in [0, 0.05) is 44.7 Å². The molecule has 4 nitrogen and oxygen atoms in total. The molecule has 0 aliphatic carbocycles. The van der Waals surface area contributed by atoms with E-state index in [0.29, 0.717) is 0 Å². The van der Waals surface area contributed by atoms with Gasteiger partial charge in [-0.2, -0.15) is 0 Å². The average Bonchev–Trinajstić information content (AvgIpc) is 2.86. The first kappa shape index (κ1) is 24.1. The van der Waals surface area contributed by atoms with E-state index in [-0.39, 0.29) is 95.4 Å². The predicted octanol–water partition coefficient (Wildman–Crippen LogP) is 0.184. The van der Waals surface area contributed by atoms with Crippen LogP contribution >= 0.6 is 0 Å². The third kappa shape index (κ3) is 6.45. The Labute approximate surface area is 204 Å². The van der Waals surface area contributed by atoms with Crippen LogP contribution in [0.25, 0.3) is 10.6 Å². The molecule has 0 bridgehead atoms. The van der Waals surface area contributed by atoms with E-state index in [1.807, 2.05) is 13.8 Å². The molecule has 6 heteroatoms. The van der Waals surface area contributed by atoms with Gasteiger partial charge in [0.05, 0.1) is 5.91 Å². The fourth-order valence-electron chi connectivity index (χ4n) is 3.63. The summed E-state index contributed by atoms with van der Waals surface area (Å²) < 4.78 is 0. The molecule has 3 heterocycles. The van der Waals surface area contributed by atoms with E-state index < -0.39 is 0 Å². The van der Waals surface area contributed by atoms with Crippen LogP contribution in [0, 0.1) is 11.3 Å². The van der Waals surface area contributed by atoms with Gasteiger partial charge in [-0.05, 0) is 31.8 Å². The molecule has 1 radical (unpaired) electrons. The standard InChI is InChI=1S/C14H24N3O.C2H6.K.Y/c18-13-14(3-8-16-13)4-9-17(10-5-14)11-12-1-6-15-7-2-12;1-2;;/h12H,1-11H2,(H,16,18);1-2H3;;/q-1;;+1;/p-1. The molecule has 0 aromatic carbocycles. The Morgan fingerprint density at radius 1 is 1.09 bits per heavy atom. The summed E-state index contributed by atoms with van der Waals surface area (Å²) in [6.07, 6.45) is 5.59. The van der Waals surface area contributed by atoms with Crippen LogP contribution in [0.3, 0.4) is 0 Å². The molecule has 3 aliphatic rings. The molecule has 1 amide bonds. The van der Waals surface area contributed by atoms with E-state index in [4.69, 9.17) is 0 Å². The van der Waals surface area contributed by atoms with Gasteiger partial charge in [-0.15, -0.1) is 19.6 Å². The minimum absolute atomic E-state index is 0. The van der Waals surface area contributed by atoms with Crippen molar-refractivity contribution in [3.63, 3.8) is 0 Å². The van der Waals surface area contributed by atoms with Gasteiger partial charge < -0.3 is 20.3 Å². The molecule has 0 aromatic rings. The maximum absolute atomic E-state index is 11.9. The van der Waals surface area contributed by atoms with E-state index >= 15 is 0 Å². The van der Waals surface area contributed by atoms with Crippen molar-refractivity contribution in [1.29, 1.82) is 0 Å². The molecule has 0 N–H and O–H groups in total. The van der Waals surface area contributed by atoms with E-state index in [1.165, 1.54) is 19.4 Å². The second kappa shape index (κ2) is 12.5. The van der Waals surface area contributed by atoms with Crippen molar-refractivity contribution in [1.82, 2.24) is 4.90 Å². The molecule has 3 saturated heterocycles. The van der Waals surface area contributed by atoms with Crippen molar-refractivity contribution in [3.05, 3.63) is 10.6 Å². The Balaban J connectivity index is 0.00000106. The number of rotatable bonds is 2. The number of hydrogen-bond donors (Lipinski definition) is 0. The summed E-state index contributed by atoms with van der Waals surface area (Å²) in [5.41, 5.74) is -0.0571. The summed E-state index contributed by atoms with van der Waals surface area (Å²) >= 11 is 0. The quantitative estimate of drug-likeness (QED) is 0.614. The second-order valence-electron chi connectivity index (χ2n) is 6.13. The number of carbonyl (C=O) groups excluding carboxylic acids is 1. The van der Waals surface area contributed by atoms with Crippen molar-refractivity contribution in [3.8, 4) is 0 Å². The Morgan fingerprint density at radius 2 is 1.68 bits per heavy atom. The number of amides is 1. The molecular formula is C16H29KN3OY-. The topological polar surface area (TPSA) is 48.5 Å². The maximum atomic E-state index is 11.9. The van der Waals surface area contributed by atoms with Crippen molar-refractivity contribution in [2.45, 2.75) is 46.0 Å². The number of piperidine rings is 2. The normalized spacial score (nSPS) is 24.5. The Kier molecular flexibility index (Phi) is 13.7. The van der Waals surface area contributed by atoms with Gasteiger partial charge >= 0.3 is 51.4 Å². The van der Waals surface area contributed by atoms with Gasteiger partial charge in [0.15, 0.2) is 0 Å². The van der Waals surface area contributed by atoms with E-state index in [0.717, 1.165) is 57.9 Å². The van der Waals surface area contributed by atoms with Crippen molar-refractivity contribution in [2.24, 2.45) is 11.3 Å². The first-order valence-corrected chi connectivity index (χ1v) is 8.36. The zero-order chi connectivity index (χ0) is 14.4. The monoisotopic (exact) mass is 407 g/mol. The molecule has 0 unspecified atom stereocenters. The van der Waals surface area contributed by atoms with Gasteiger partial charge in [-0.3, -0.25) is 0 Å². The first-order valence-electron chi connectivity index (χ1n) is 8.36. The van der Waals surface area contributed by atoms with Crippen LogP contribution in [0.15, 0.2) is 0 Å². The number of hydrogen-bond acceptors (Lipinski definition) is 2.